The van der Waals surface area contributed by atoms with Crippen LogP contribution in [0.25, 0.3) is 0 Å². The third-order valence-electron chi connectivity index (χ3n) is 5.31. The van der Waals surface area contributed by atoms with E-state index < -0.39 is 6.04 Å². The van der Waals surface area contributed by atoms with Crippen LogP contribution in [0.4, 0.5) is 5.69 Å². The number of rotatable bonds is 5. The lowest BCUT2D eigenvalue weighted by molar-refractivity contribution is -0.122. The standard InChI is InChI=1S/C25H21BrN2O3/c1-17-6-5-9-19(14-17)24(30)27(16-18-7-3-2-4-8-18)22-15-23(29)28(25(22)31)21-12-10-20(26)11-13-21/h2-14,22H,15-16H2,1H3. The molecule has 1 heterocycles. The molecule has 31 heavy (non-hydrogen) atoms. The van der Waals surface area contributed by atoms with Crippen LogP contribution in [-0.2, 0) is 16.1 Å². The number of anilines is 1. The molecule has 6 heteroatoms. The maximum absolute atomic E-state index is 13.5. The van der Waals surface area contributed by atoms with Gasteiger partial charge < -0.3 is 4.90 Å². The summed E-state index contributed by atoms with van der Waals surface area (Å²) < 4.78 is 0.854. The van der Waals surface area contributed by atoms with Gasteiger partial charge in [-0.3, -0.25) is 14.4 Å². The second-order valence-electron chi connectivity index (χ2n) is 7.55. The zero-order chi connectivity index (χ0) is 22.0. The van der Waals surface area contributed by atoms with Crippen molar-refractivity contribution in [2.75, 3.05) is 4.90 Å². The first-order valence-corrected chi connectivity index (χ1v) is 10.8. The normalized spacial score (nSPS) is 15.9. The molecule has 0 aromatic heterocycles. The van der Waals surface area contributed by atoms with Gasteiger partial charge in [0.1, 0.15) is 6.04 Å². The Labute approximate surface area is 189 Å². The van der Waals surface area contributed by atoms with Crippen LogP contribution in [0.1, 0.15) is 27.9 Å². The van der Waals surface area contributed by atoms with Crippen molar-refractivity contribution in [1.29, 1.82) is 0 Å². The van der Waals surface area contributed by atoms with Crippen LogP contribution in [0.15, 0.2) is 83.3 Å². The van der Waals surface area contributed by atoms with Crippen molar-refractivity contribution in [3.8, 4) is 0 Å². The third kappa shape index (κ3) is 4.44. The minimum atomic E-state index is -0.857. The number of carbonyl (C=O) groups excluding carboxylic acids is 3. The van der Waals surface area contributed by atoms with Crippen LogP contribution in [-0.4, -0.2) is 28.7 Å². The van der Waals surface area contributed by atoms with E-state index in [9.17, 15) is 14.4 Å². The topological polar surface area (TPSA) is 57.7 Å². The van der Waals surface area contributed by atoms with Gasteiger partial charge in [0.05, 0.1) is 12.1 Å². The van der Waals surface area contributed by atoms with Crippen molar-refractivity contribution in [1.82, 2.24) is 4.90 Å². The van der Waals surface area contributed by atoms with Crippen molar-refractivity contribution in [2.45, 2.75) is 25.9 Å². The highest BCUT2D eigenvalue weighted by Crippen LogP contribution is 2.29. The smallest absolute Gasteiger partial charge is 0.257 e. The molecule has 3 aromatic rings. The molecule has 0 aliphatic carbocycles. The number of hydrogen-bond donors (Lipinski definition) is 0. The molecule has 0 radical (unpaired) electrons. The molecule has 1 aliphatic rings. The Balaban J connectivity index is 1.69. The Morgan fingerprint density at radius 1 is 1.00 bits per heavy atom. The first-order chi connectivity index (χ1) is 14.9. The van der Waals surface area contributed by atoms with Crippen LogP contribution in [0.5, 0.6) is 0 Å². The van der Waals surface area contributed by atoms with Gasteiger partial charge in [-0.25, -0.2) is 4.90 Å². The van der Waals surface area contributed by atoms with Gasteiger partial charge in [0, 0.05) is 16.6 Å². The molecule has 5 nitrogen and oxygen atoms in total. The summed E-state index contributed by atoms with van der Waals surface area (Å²) in [5, 5.41) is 0. The van der Waals surface area contributed by atoms with Crippen molar-refractivity contribution >= 4 is 39.3 Å². The van der Waals surface area contributed by atoms with E-state index >= 15 is 0 Å². The lowest BCUT2D eigenvalue weighted by Crippen LogP contribution is -2.45. The van der Waals surface area contributed by atoms with Gasteiger partial charge in [-0.05, 0) is 48.9 Å². The molecule has 1 aliphatic heterocycles. The minimum absolute atomic E-state index is 0.0424. The zero-order valence-electron chi connectivity index (χ0n) is 17.0. The van der Waals surface area contributed by atoms with E-state index in [1.54, 1.807) is 36.4 Å². The highest BCUT2D eigenvalue weighted by atomic mass is 79.9. The number of halogens is 1. The molecule has 0 N–H and O–H groups in total. The fourth-order valence-corrected chi connectivity index (χ4v) is 4.03. The summed E-state index contributed by atoms with van der Waals surface area (Å²) >= 11 is 3.37. The number of hydrogen-bond acceptors (Lipinski definition) is 3. The minimum Gasteiger partial charge on any atom is -0.322 e. The first kappa shape index (κ1) is 21.0. The molecule has 3 amide bonds. The van der Waals surface area contributed by atoms with Gasteiger partial charge in [-0.2, -0.15) is 0 Å². The Kier molecular flexibility index (Phi) is 6.00. The average Bonchev–Trinajstić information content (AvgIpc) is 3.06. The SMILES string of the molecule is Cc1cccc(C(=O)N(Cc2ccccc2)C2CC(=O)N(c3ccc(Br)cc3)C2=O)c1. The third-order valence-corrected chi connectivity index (χ3v) is 5.83. The van der Waals surface area contributed by atoms with Crippen LogP contribution in [0.2, 0.25) is 0 Å². The van der Waals surface area contributed by atoms with E-state index in [1.807, 2.05) is 49.4 Å². The monoisotopic (exact) mass is 476 g/mol. The van der Waals surface area contributed by atoms with Gasteiger partial charge in [-0.1, -0.05) is 64.0 Å². The van der Waals surface area contributed by atoms with Crippen molar-refractivity contribution < 1.29 is 14.4 Å². The molecule has 156 valence electrons. The maximum atomic E-state index is 13.5. The highest BCUT2D eigenvalue weighted by Gasteiger charge is 2.44. The molecule has 0 spiro atoms. The van der Waals surface area contributed by atoms with Crippen molar-refractivity contribution in [2.24, 2.45) is 0 Å². The van der Waals surface area contributed by atoms with E-state index in [0.29, 0.717) is 11.3 Å². The number of benzene rings is 3. The first-order valence-electron chi connectivity index (χ1n) is 9.98. The summed E-state index contributed by atoms with van der Waals surface area (Å²) in [5.74, 6) is -0.965. The van der Waals surface area contributed by atoms with Gasteiger partial charge in [0.15, 0.2) is 0 Å². The molecule has 1 saturated heterocycles. The Bertz CT molecular complexity index is 1130. The largest absolute Gasteiger partial charge is 0.322 e. The Morgan fingerprint density at radius 3 is 2.39 bits per heavy atom. The van der Waals surface area contributed by atoms with Crippen LogP contribution in [0, 0.1) is 6.92 Å². The Morgan fingerprint density at radius 2 is 1.71 bits per heavy atom. The summed E-state index contributed by atoms with van der Waals surface area (Å²) in [6, 6.07) is 22.9. The van der Waals surface area contributed by atoms with Gasteiger partial charge in [0.25, 0.3) is 11.8 Å². The summed E-state index contributed by atoms with van der Waals surface area (Å²) in [6.07, 6.45) is -0.0424. The van der Waals surface area contributed by atoms with Gasteiger partial charge in [0.2, 0.25) is 5.91 Å². The molecule has 1 atom stereocenters. The molecule has 0 saturated carbocycles. The quantitative estimate of drug-likeness (QED) is 0.500. The number of imide groups is 1. The predicted octanol–water partition coefficient (Wildman–Crippen LogP) is 4.73. The molecular formula is C25H21BrN2O3. The average molecular weight is 477 g/mol. The van der Waals surface area contributed by atoms with Crippen LogP contribution >= 0.6 is 15.9 Å². The molecule has 1 fully saturated rings. The number of carbonyl (C=O) groups is 3. The second kappa shape index (κ2) is 8.86. The van der Waals surface area contributed by atoms with Gasteiger partial charge in [-0.15, -0.1) is 0 Å². The van der Waals surface area contributed by atoms with Crippen molar-refractivity contribution in [3.63, 3.8) is 0 Å². The van der Waals surface area contributed by atoms with Crippen LogP contribution < -0.4 is 4.90 Å². The summed E-state index contributed by atoms with van der Waals surface area (Å²) in [6.45, 7) is 2.16. The van der Waals surface area contributed by atoms with E-state index in [2.05, 4.69) is 15.9 Å². The number of aryl methyl sites for hydroxylation is 1. The van der Waals surface area contributed by atoms with Crippen LogP contribution in [0.3, 0.4) is 0 Å². The number of amides is 3. The predicted molar refractivity (Wildman–Crippen MR) is 123 cm³/mol. The Hall–Kier alpha value is -3.25. The van der Waals surface area contributed by atoms with E-state index in [-0.39, 0.29) is 30.7 Å². The molecule has 4 rings (SSSR count). The van der Waals surface area contributed by atoms with Gasteiger partial charge >= 0.3 is 0 Å². The van der Waals surface area contributed by atoms with Crippen molar-refractivity contribution in [3.05, 3.63) is 100 Å². The molecule has 3 aromatic carbocycles. The second-order valence-corrected chi connectivity index (χ2v) is 8.47. The molecule has 0 bridgehead atoms. The molecular weight excluding hydrogens is 456 g/mol. The van der Waals surface area contributed by atoms with E-state index in [4.69, 9.17) is 0 Å². The lowest BCUT2D eigenvalue weighted by Gasteiger charge is -2.28. The summed E-state index contributed by atoms with van der Waals surface area (Å²) in [5.41, 5.74) is 2.85. The van der Waals surface area contributed by atoms with E-state index in [1.165, 1.54) is 9.80 Å². The fraction of sp³-hybridized carbons (Fsp3) is 0.160. The van der Waals surface area contributed by atoms with E-state index in [0.717, 1.165) is 15.6 Å². The summed E-state index contributed by atoms with van der Waals surface area (Å²) in [4.78, 5) is 42.3. The summed E-state index contributed by atoms with van der Waals surface area (Å²) in [7, 11) is 0. The number of nitrogens with zero attached hydrogens (tertiary/aromatic N) is 2. The fourth-order valence-electron chi connectivity index (χ4n) is 3.77. The maximum Gasteiger partial charge on any atom is 0.257 e. The molecule has 1 unspecified atom stereocenters. The zero-order valence-corrected chi connectivity index (χ0v) is 18.6. The highest BCUT2D eigenvalue weighted by molar-refractivity contribution is 9.10. The lowest BCUT2D eigenvalue weighted by atomic mass is 10.1.